The summed E-state index contributed by atoms with van der Waals surface area (Å²) in [5.41, 5.74) is 1.14. The highest BCUT2D eigenvalue weighted by Crippen LogP contribution is 2.16. The van der Waals surface area contributed by atoms with Crippen LogP contribution < -0.4 is 5.32 Å². The fourth-order valence-electron chi connectivity index (χ4n) is 1.54. The van der Waals surface area contributed by atoms with Gasteiger partial charge < -0.3 is 10.4 Å². The number of halogens is 2. The van der Waals surface area contributed by atoms with E-state index in [-0.39, 0.29) is 16.7 Å². The number of aromatic hydroxyl groups is 1. The van der Waals surface area contributed by atoms with E-state index in [9.17, 15) is 9.18 Å². The first-order valence-corrected chi connectivity index (χ1v) is 5.95. The van der Waals surface area contributed by atoms with Crippen LogP contribution in [0.5, 0.6) is 5.75 Å². The molecule has 2 N–H and O–H groups in total. The number of phenolic OH excluding ortho intramolecular Hbond substituents is 1. The van der Waals surface area contributed by atoms with Crippen molar-refractivity contribution in [2.45, 2.75) is 6.54 Å². The molecule has 5 heteroatoms. The minimum atomic E-state index is -0.559. The standard InChI is InChI=1S/C14H11ClFNO2/c15-12-7-10(3-6-13(12)16)14(19)17-8-9-1-4-11(18)5-2-9/h1-7,18H,8H2,(H,17,19). The van der Waals surface area contributed by atoms with Crippen molar-refractivity contribution in [2.75, 3.05) is 0 Å². The Morgan fingerprint density at radius 1 is 1.21 bits per heavy atom. The molecule has 2 aromatic carbocycles. The first-order valence-electron chi connectivity index (χ1n) is 5.57. The zero-order valence-electron chi connectivity index (χ0n) is 9.86. The third kappa shape index (κ3) is 3.45. The van der Waals surface area contributed by atoms with Crippen molar-refractivity contribution in [2.24, 2.45) is 0 Å². The van der Waals surface area contributed by atoms with Gasteiger partial charge in [-0.25, -0.2) is 4.39 Å². The molecule has 0 saturated heterocycles. The first kappa shape index (κ1) is 13.4. The van der Waals surface area contributed by atoms with Crippen molar-refractivity contribution < 1.29 is 14.3 Å². The number of hydrogen-bond acceptors (Lipinski definition) is 2. The Morgan fingerprint density at radius 2 is 1.89 bits per heavy atom. The van der Waals surface area contributed by atoms with E-state index in [1.54, 1.807) is 12.1 Å². The number of carbonyl (C=O) groups is 1. The van der Waals surface area contributed by atoms with Gasteiger partial charge in [-0.05, 0) is 35.9 Å². The van der Waals surface area contributed by atoms with Crippen LogP contribution >= 0.6 is 11.6 Å². The monoisotopic (exact) mass is 279 g/mol. The molecule has 1 amide bonds. The number of hydrogen-bond donors (Lipinski definition) is 2. The topological polar surface area (TPSA) is 49.3 Å². The molecule has 0 aromatic heterocycles. The molecule has 0 bridgehead atoms. The average molecular weight is 280 g/mol. The van der Waals surface area contributed by atoms with Crippen molar-refractivity contribution >= 4 is 17.5 Å². The predicted octanol–water partition coefficient (Wildman–Crippen LogP) is 3.11. The molecule has 0 unspecified atom stereocenters. The van der Waals surface area contributed by atoms with Gasteiger partial charge in [0.25, 0.3) is 5.91 Å². The van der Waals surface area contributed by atoms with E-state index in [4.69, 9.17) is 16.7 Å². The maximum Gasteiger partial charge on any atom is 0.251 e. The highest BCUT2D eigenvalue weighted by molar-refractivity contribution is 6.31. The highest BCUT2D eigenvalue weighted by atomic mass is 35.5. The van der Waals surface area contributed by atoms with Gasteiger partial charge in [-0.15, -0.1) is 0 Å². The normalized spacial score (nSPS) is 10.2. The third-order valence-corrected chi connectivity index (χ3v) is 2.86. The number of nitrogens with one attached hydrogen (secondary N) is 1. The second kappa shape index (κ2) is 5.71. The summed E-state index contributed by atoms with van der Waals surface area (Å²) in [5.74, 6) is -0.730. The van der Waals surface area contributed by atoms with Crippen LogP contribution in [0.15, 0.2) is 42.5 Å². The first-order chi connectivity index (χ1) is 9.06. The summed E-state index contributed by atoms with van der Waals surface area (Å²) < 4.78 is 13.0. The molecule has 0 aliphatic carbocycles. The summed E-state index contributed by atoms with van der Waals surface area (Å²) in [6.45, 7) is 0.314. The Labute approximate surface area is 114 Å². The lowest BCUT2D eigenvalue weighted by Gasteiger charge is -2.06. The van der Waals surface area contributed by atoms with E-state index in [0.29, 0.717) is 12.1 Å². The highest BCUT2D eigenvalue weighted by Gasteiger charge is 2.08. The van der Waals surface area contributed by atoms with Crippen LogP contribution in [0.4, 0.5) is 4.39 Å². The molecule has 19 heavy (non-hydrogen) atoms. The fourth-order valence-corrected chi connectivity index (χ4v) is 1.72. The Morgan fingerprint density at radius 3 is 2.53 bits per heavy atom. The number of phenols is 1. The van der Waals surface area contributed by atoms with E-state index in [2.05, 4.69) is 5.32 Å². The van der Waals surface area contributed by atoms with Gasteiger partial charge in [0.2, 0.25) is 0 Å². The molecule has 0 saturated carbocycles. The smallest absolute Gasteiger partial charge is 0.251 e. The van der Waals surface area contributed by atoms with Crippen LogP contribution in [0.25, 0.3) is 0 Å². The molecule has 3 nitrogen and oxygen atoms in total. The van der Waals surface area contributed by atoms with Crippen molar-refractivity contribution in [3.05, 3.63) is 64.4 Å². The Kier molecular flexibility index (Phi) is 4.02. The Balaban J connectivity index is 2.01. The molecular weight excluding hydrogens is 269 g/mol. The molecule has 0 aliphatic rings. The van der Waals surface area contributed by atoms with Gasteiger partial charge in [0.05, 0.1) is 5.02 Å². The number of benzene rings is 2. The van der Waals surface area contributed by atoms with Gasteiger partial charge in [0.15, 0.2) is 0 Å². The van der Waals surface area contributed by atoms with E-state index >= 15 is 0 Å². The lowest BCUT2D eigenvalue weighted by molar-refractivity contribution is 0.0951. The van der Waals surface area contributed by atoms with Gasteiger partial charge >= 0.3 is 0 Å². The minimum Gasteiger partial charge on any atom is -0.508 e. The van der Waals surface area contributed by atoms with Crippen molar-refractivity contribution in [1.29, 1.82) is 0 Å². The molecule has 98 valence electrons. The van der Waals surface area contributed by atoms with Gasteiger partial charge in [-0.1, -0.05) is 23.7 Å². The van der Waals surface area contributed by atoms with Crippen LogP contribution in [0.3, 0.4) is 0 Å². The number of amides is 1. The summed E-state index contributed by atoms with van der Waals surface area (Å²) in [7, 11) is 0. The van der Waals surface area contributed by atoms with Crippen LogP contribution in [0.2, 0.25) is 5.02 Å². The van der Waals surface area contributed by atoms with Crippen LogP contribution in [0, 0.1) is 5.82 Å². The van der Waals surface area contributed by atoms with Crippen molar-refractivity contribution in [3.8, 4) is 5.75 Å². The maximum atomic E-state index is 13.0. The number of carbonyl (C=O) groups excluding carboxylic acids is 1. The van der Waals surface area contributed by atoms with Crippen LogP contribution in [0.1, 0.15) is 15.9 Å². The zero-order chi connectivity index (χ0) is 13.8. The molecule has 2 rings (SSSR count). The SMILES string of the molecule is O=C(NCc1ccc(O)cc1)c1ccc(F)c(Cl)c1. The van der Waals surface area contributed by atoms with E-state index < -0.39 is 5.82 Å². The van der Waals surface area contributed by atoms with Crippen LogP contribution in [-0.2, 0) is 6.54 Å². The maximum absolute atomic E-state index is 13.0. The number of rotatable bonds is 3. The predicted molar refractivity (Wildman–Crippen MR) is 70.7 cm³/mol. The van der Waals surface area contributed by atoms with Gasteiger partial charge in [-0.3, -0.25) is 4.79 Å². The minimum absolute atomic E-state index is 0.0858. The van der Waals surface area contributed by atoms with E-state index in [1.165, 1.54) is 24.3 Å². The third-order valence-electron chi connectivity index (χ3n) is 2.57. The van der Waals surface area contributed by atoms with E-state index in [0.717, 1.165) is 11.6 Å². The lowest BCUT2D eigenvalue weighted by atomic mass is 10.2. The largest absolute Gasteiger partial charge is 0.508 e. The Bertz CT molecular complexity index is 599. The lowest BCUT2D eigenvalue weighted by Crippen LogP contribution is -2.22. The molecule has 0 radical (unpaired) electrons. The summed E-state index contributed by atoms with van der Waals surface area (Å²) in [5, 5.41) is 11.7. The summed E-state index contributed by atoms with van der Waals surface area (Å²) in [6, 6.07) is 10.3. The molecule has 0 fully saturated rings. The quantitative estimate of drug-likeness (QED) is 0.907. The van der Waals surface area contributed by atoms with Gasteiger partial charge in [0.1, 0.15) is 11.6 Å². The Hall–Kier alpha value is -2.07. The second-order valence-electron chi connectivity index (χ2n) is 3.98. The summed E-state index contributed by atoms with van der Waals surface area (Å²) in [4.78, 5) is 11.8. The van der Waals surface area contributed by atoms with Crippen LogP contribution in [-0.4, -0.2) is 11.0 Å². The molecular formula is C14H11ClFNO2. The van der Waals surface area contributed by atoms with Gasteiger partial charge in [-0.2, -0.15) is 0 Å². The molecule has 2 aromatic rings. The zero-order valence-corrected chi connectivity index (χ0v) is 10.6. The fraction of sp³-hybridized carbons (Fsp3) is 0.0714. The van der Waals surface area contributed by atoms with Crippen molar-refractivity contribution in [1.82, 2.24) is 5.32 Å². The molecule has 0 atom stereocenters. The summed E-state index contributed by atoms with van der Waals surface area (Å²) in [6.07, 6.45) is 0. The molecule has 0 heterocycles. The summed E-state index contributed by atoms with van der Waals surface area (Å²) >= 11 is 5.61. The molecule has 0 aliphatic heterocycles. The van der Waals surface area contributed by atoms with Crippen molar-refractivity contribution in [3.63, 3.8) is 0 Å². The average Bonchev–Trinajstić information content (AvgIpc) is 2.41. The van der Waals surface area contributed by atoms with E-state index in [1.807, 2.05) is 0 Å². The molecule has 0 spiro atoms. The second-order valence-corrected chi connectivity index (χ2v) is 4.39. The van der Waals surface area contributed by atoms with Gasteiger partial charge in [0, 0.05) is 12.1 Å².